The summed E-state index contributed by atoms with van der Waals surface area (Å²) < 4.78 is 2.09. The smallest absolute Gasteiger partial charge is 0.255 e. The first kappa shape index (κ1) is 12.2. The third kappa shape index (κ3) is 2.11. The largest absolute Gasteiger partial charge is 0.351 e. The molecule has 3 nitrogen and oxygen atoms in total. The van der Waals surface area contributed by atoms with Crippen molar-refractivity contribution in [3.05, 3.63) is 23.0 Å². The first-order valence-corrected chi connectivity index (χ1v) is 6.46. The van der Waals surface area contributed by atoms with E-state index in [4.69, 9.17) is 0 Å². The highest BCUT2D eigenvalue weighted by Crippen LogP contribution is 2.22. The molecule has 94 valence electrons. The molecule has 17 heavy (non-hydrogen) atoms. The van der Waals surface area contributed by atoms with Crippen molar-refractivity contribution < 1.29 is 4.79 Å². The van der Waals surface area contributed by atoms with Gasteiger partial charge in [0, 0.05) is 31.0 Å². The first-order valence-electron chi connectivity index (χ1n) is 6.46. The molecule has 1 aromatic heterocycles. The van der Waals surface area contributed by atoms with Crippen LogP contribution in [0.1, 0.15) is 47.9 Å². The van der Waals surface area contributed by atoms with Crippen molar-refractivity contribution in [2.24, 2.45) is 7.05 Å². The van der Waals surface area contributed by atoms with E-state index in [-0.39, 0.29) is 5.91 Å². The minimum absolute atomic E-state index is 0.207. The van der Waals surface area contributed by atoms with E-state index in [0.717, 1.165) is 36.3 Å². The van der Waals surface area contributed by atoms with Gasteiger partial charge in [0.2, 0.25) is 0 Å². The molecule has 1 aliphatic heterocycles. The highest BCUT2D eigenvalue weighted by molar-refractivity contribution is 5.96. The summed E-state index contributed by atoms with van der Waals surface area (Å²) in [7, 11) is 2.01. The molecule has 0 N–H and O–H groups in total. The predicted octanol–water partition coefficient (Wildman–Crippen LogP) is 2.66. The molecule has 2 heterocycles. The lowest BCUT2D eigenvalue weighted by atomic mass is 10.0. The number of rotatable bonds is 1. The monoisotopic (exact) mass is 234 g/mol. The number of nitrogens with zero attached hydrogens (tertiary/aromatic N) is 2. The molecule has 0 radical (unpaired) electrons. The minimum atomic E-state index is 0.207. The van der Waals surface area contributed by atoms with Crippen LogP contribution < -0.4 is 0 Å². The van der Waals surface area contributed by atoms with Crippen molar-refractivity contribution >= 4 is 5.91 Å². The summed E-state index contributed by atoms with van der Waals surface area (Å²) in [4.78, 5) is 14.5. The van der Waals surface area contributed by atoms with Crippen LogP contribution in [0.5, 0.6) is 0 Å². The van der Waals surface area contributed by atoms with Gasteiger partial charge < -0.3 is 9.47 Å². The highest BCUT2D eigenvalue weighted by Gasteiger charge is 2.26. The molecular formula is C14H22N2O. The lowest BCUT2D eigenvalue weighted by Crippen LogP contribution is -2.42. The van der Waals surface area contributed by atoms with Gasteiger partial charge >= 0.3 is 0 Å². The van der Waals surface area contributed by atoms with Crippen molar-refractivity contribution in [3.63, 3.8) is 0 Å². The van der Waals surface area contributed by atoms with E-state index in [1.165, 1.54) is 6.42 Å². The summed E-state index contributed by atoms with van der Waals surface area (Å²) in [5, 5.41) is 0. The van der Waals surface area contributed by atoms with Gasteiger partial charge in [0.05, 0.1) is 5.56 Å². The molecule has 0 unspecified atom stereocenters. The molecule has 0 aliphatic carbocycles. The zero-order valence-electron chi connectivity index (χ0n) is 11.3. The van der Waals surface area contributed by atoms with Crippen LogP contribution in [0, 0.1) is 13.8 Å². The van der Waals surface area contributed by atoms with Crippen LogP contribution in [0.25, 0.3) is 0 Å². The van der Waals surface area contributed by atoms with Crippen molar-refractivity contribution in [1.82, 2.24) is 9.47 Å². The summed E-state index contributed by atoms with van der Waals surface area (Å²) in [6.07, 6.45) is 3.52. The SMILES string of the molecule is Cc1cc(C(=O)N2CCCC[C@@H]2C)c(C)n1C. The fraction of sp³-hybridized carbons (Fsp3) is 0.643. The second-order valence-electron chi connectivity index (χ2n) is 5.19. The van der Waals surface area contributed by atoms with Gasteiger partial charge in [-0.3, -0.25) is 4.79 Å². The summed E-state index contributed by atoms with van der Waals surface area (Å²) in [5.41, 5.74) is 3.10. The molecule has 0 saturated carbocycles. The van der Waals surface area contributed by atoms with Gasteiger partial charge in [-0.2, -0.15) is 0 Å². The Balaban J connectivity index is 2.27. The topological polar surface area (TPSA) is 25.2 Å². The molecule has 1 aromatic rings. The van der Waals surface area contributed by atoms with Gasteiger partial charge in [0.25, 0.3) is 5.91 Å². The van der Waals surface area contributed by atoms with Crippen LogP contribution in [0.4, 0.5) is 0 Å². The van der Waals surface area contributed by atoms with Crippen molar-refractivity contribution in [1.29, 1.82) is 0 Å². The number of likely N-dealkylation sites (tertiary alicyclic amines) is 1. The zero-order chi connectivity index (χ0) is 12.6. The lowest BCUT2D eigenvalue weighted by molar-refractivity contribution is 0.0635. The van der Waals surface area contributed by atoms with Crippen molar-refractivity contribution in [2.45, 2.75) is 46.1 Å². The number of hydrogen-bond donors (Lipinski definition) is 0. The number of hydrogen-bond acceptors (Lipinski definition) is 1. The van der Waals surface area contributed by atoms with E-state index >= 15 is 0 Å². The van der Waals surface area contributed by atoms with Crippen LogP contribution >= 0.6 is 0 Å². The molecule has 1 amide bonds. The maximum absolute atomic E-state index is 12.5. The molecule has 1 fully saturated rings. The van der Waals surface area contributed by atoms with Gasteiger partial charge in [-0.1, -0.05) is 0 Å². The average Bonchev–Trinajstić information content (AvgIpc) is 2.57. The second-order valence-corrected chi connectivity index (χ2v) is 5.19. The summed E-state index contributed by atoms with van der Waals surface area (Å²) in [5.74, 6) is 0.207. The van der Waals surface area contributed by atoms with Gasteiger partial charge in [-0.05, 0) is 46.1 Å². The molecule has 1 saturated heterocycles. The lowest BCUT2D eigenvalue weighted by Gasteiger charge is -2.33. The zero-order valence-corrected chi connectivity index (χ0v) is 11.3. The summed E-state index contributed by atoms with van der Waals surface area (Å²) in [6, 6.07) is 2.40. The van der Waals surface area contributed by atoms with E-state index in [1.54, 1.807) is 0 Å². The number of aryl methyl sites for hydroxylation is 1. The van der Waals surface area contributed by atoms with Gasteiger partial charge in [-0.25, -0.2) is 0 Å². The molecule has 1 aliphatic rings. The molecule has 0 bridgehead atoms. The maximum Gasteiger partial charge on any atom is 0.255 e. The first-order chi connectivity index (χ1) is 8.02. The average molecular weight is 234 g/mol. The standard InChI is InChI=1S/C14H22N2O/c1-10-7-5-6-8-16(10)14(17)13-9-11(2)15(4)12(13)3/h9-10H,5-8H2,1-4H3/t10-/m0/s1. The fourth-order valence-electron chi connectivity index (χ4n) is 2.63. The highest BCUT2D eigenvalue weighted by atomic mass is 16.2. The summed E-state index contributed by atoms with van der Waals surface area (Å²) >= 11 is 0. The molecular weight excluding hydrogens is 212 g/mol. The molecule has 0 spiro atoms. The van der Waals surface area contributed by atoms with Crippen LogP contribution in [-0.2, 0) is 7.05 Å². The second kappa shape index (κ2) is 4.55. The minimum Gasteiger partial charge on any atom is -0.351 e. The number of carbonyl (C=O) groups excluding carboxylic acids is 1. The van der Waals surface area contributed by atoms with Crippen molar-refractivity contribution in [2.75, 3.05) is 6.54 Å². The Morgan fingerprint density at radius 2 is 2.06 bits per heavy atom. The Hall–Kier alpha value is -1.25. The van der Waals surface area contributed by atoms with Crippen LogP contribution in [0.2, 0.25) is 0 Å². The number of carbonyl (C=O) groups is 1. The fourth-order valence-corrected chi connectivity index (χ4v) is 2.63. The Labute approximate surface area is 103 Å². The maximum atomic E-state index is 12.5. The van der Waals surface area contributed by atoms with E-state index < -0.39 is 0 Å². The molecule has 2 rings (SSSR count). The summed E-state index contributed by atoms with van der Waals surface area (Å²) in [6.45, 7) is 7.13. The van der Waals surface area contributed by atoms with Crippen LogP contribution in [0.3, 0.4) is 0 Å². The molecule has 1 atom stereocenters. The predicted molar refractivity (Wildman–Crippen MR) is 69.2 cm³/mol. The Morgan fingerprint density at radius 1 is 1.35 bits per heavy atom. The quantitative estimate of drug-likeness (QED) is 0.733. The van der Waals surface area contributed by atoms with Crippen LogP contribution in [-0.4, -0.2) is 28.0 Å². The van der Waals surface area contributed by atoms with Crippen LogP contribution in [0.15, 0.2) is 6.07 Å². The number of amides is 1. The third-order valence-corrected chi connectivity index (χ3v) is 4.07. The van der Waals surface area contributed by atoms with E-state index in [9.17, 15) is 4.79 Å². The number of piperidine rings is 1. The molecule has 0 aromatic carbocycles. The van der Waals surface area contributed by atoms with E-state index in [0.29, 0.717) is 6.04 Å². The van der Waals surface area contributed by atoms with Gasteiger partial charge in [0.1, 0.15) is 0 Å². The molecule has 3 heteroatoms. The Kier molecular flexibility index (Phi) is 3.27. The van der Waals surface area contributed by atoms with E-state index in [1.807, 2.05) is 31.9 Å². The third-order valence-electron chi connectivity index (χ3n) is 4.07. The van der Waals surface area contributed by atoms with Gasteiger partial charge in [0.15, 0.2) is 0 Å². The Morgan fingerprint density at radius 3 is 2.59 bits per heavy atom. The Bertz CT molecular complexity index is 434. The number of aromatic nitrogens is 1. The van der Waals surface area contributed by atoms with Crippen molar-refractivity contribution in [3.8, 4) is 0 Å². The normalized spacial score (nSPS) is 20.7. The van der Waals surface area contributed by atoms with Gasteiger partial charge in [-0.15, -0.1) is 0 Å². The van der Waals surface area contributed by atoms with E-state index in [2.05, 4.69) is 11.5 Å².